The van der Waals surface area contributed by atoms with E-state index < -0.39 is 4.75 Å². The van der Waals surface area contributed by atoms with Crippen LogP contribution < -0.4 is 5.32 Å². The average molecular weight is 221 g/mol. The zero-order chi connectivity index (χ0) is 10.9. The number of rotatable bonds is 2. The first kappa shape index (κ1) is 10.2. The highest BCUT2D eigenvalue weighted by Gasteiger charge is 2.43. The topological polar surface area (TPSA) is 46.2 Å². The lowest BCUT2D eigenvalue weighted by Crippen LogP contribution is -2.35. The van der Waals surface area contributed by atoms with Crippen molar-refractivity contribution in [2.45, 2.75) is 18.1 Å². The highest BCUT2D eigenvalue weighted by molar-refractivity contribution is 8.16. The predicted molar refractivity (Wildman–Crippen MR) is 59.7 cm³/mol. The molecule has 3 nitrogen and oxygen atoms in total. The van der Waals surface area contributed by atoms with Gasteiger partial charge in [0.15, 0.2) is 0 Å². The first-order valence-corrected chi connectivity index (χ1v) is 5.50. The number of carbonyl (C=O) groups excluding carboxylic acids is 2. The summed E-state index contributed by atoms with van der Waals surface area (Å²) in [5, 5.41) is 2.06. The lowest BCUT2D eigenvalue weighted by Gasteiger charge is -2.17. The van der Waals surface area contributed by atoms with Gasteiger partial charge < -0.3 is 0 Å². The molecule has 1 fully saturated rings. The monoisotopic (exact) mass is 221 g/mol. The van der Waals surface area contributed by atoms with Crippen LogP contribution in [-0.2, 0) is 11.2 Å². The van der Waals surface area contributed by atoms with Crippen LogP contribution in [0.5, 0.6) is 0 Å². The van der Waals surface area contributed by atoms with Crippen LogP contribution in [0.15, 0.2) is 30.3 Å². The Morgan fingerprint density at radius 2 is 1.93 bits per heavy atom. The third-order valence-electron chi connectivity index (χ3n) is 2.40. The predicted octanol–water partition coefficient (Wildman–Crippen LogP) is 1.97. The number of hydrogen-bond acceptors (Lipinski definition) is 3. The molecule has 78 valence electrons. The number of amides is 2. The molecule has 0 bridgehead atoms. The van der Waals surface area contributed by atoms with Crippen molar-refractivity contribution in [3.63, 3.8) is 0 Å². The molecule has 1 aliphatic heterocycles. The van der Waals surface area contributed by atoms with Gasteiger partial charge in [-0.3, -0.25) is 14.9 Å². The van der Waals surface area contributed by atoms with Crippen molar-refractivity contribution in [1.82, 2.24) is 5.32 Å². The molecule has 0 saturated carbocycles. The Kier molecular flexibility index (Phi) is 2.52. The molecule has 1 heterocycles. The van der Waals surface area contributed by atoms with Gasteiger partial charge in [-0.1, -0.05) is 30.3 Å². The van der Waals surface area contributed by atoms with Gasteiger partial charge in [0.1, 0.15) is 4.75 Å². The Hall–Kier alpha value is -1.29. The molecule has 1 saturated heterocycles. The van der Waals surface area contributed by atoms with Crippen molar-refractivity contribution >= 4 is 22.9 Å². The van der Waals surface area contributed by atoms with E-state index in [2.05, 4.69) is 5.32 Å². The van der Waals surface area contributed by atoms with Gasteiger partial charge in [-0.05, 0) is 30.7 Å². The molecule has 0 radical (unpaired) electrons. The first-order valence-electron chi connectivity index (χ1n) is 4.68. The number of imide groups is 1. The average Bonchev–Trinajstić information content (AvgIpc) is 2.41. The van der Waals surface area contributed by atoms with E-state index >= 15 is 0 Å². The van der Waals surface area contributed by atoms with E-state index in [1.807, 2.05) is 30.3 Å². The van der Waals surface area contributed by atoms with E-state index in [0.29, 0.717) is 6.42 Å². The maximum atomic E-state index is 11.6. The fraction of sp³-hybridized carbons (Fsp3) is 0.273. The smallest absolute Gasteiger partial charge is 0.286 e. The SMILES string of the molecule is CC1(Cc2ccccc2)SC(=O)NC1=O. The summed E-state index contributed by atoms with van der Waals surface area (Å²) in [6, 6.07) is 9.71. The molecule has 1 aromatic carbocycles. The number of benzene rings is 1. The lowest BCUT2D eigenvalue weighted by molar-refractivity contribution is -0.121. The second-order valence-corrected chi connectivity index (χ2v) is 5.21. The fourth-order valence-electron chi connectivity index (χ4n) is 1.60. The molecule has 4 heteroatoms. The number of hydrogen-bond donors (Lipinski definition) is 1. The zero-order valence-electron chi connectivity index (χ0n) is 8.32. The van der Waals surface area contributed by atoms with Crippen LogP contribution in [0.3, 0.4) is 0 Å². The van der Waals surface area contributed by atoms with Crippen LogP contribution in [0, 0.1) is 0 Å². The van der Waals surface area contributed by atoms with E-state index in [9.17, 15) is 9.59 Å². The van der Waals surface area contributed by atoms with Gasteiger partial charge in [0.05, 0.1) is 0 Å². The molecule has 0 aliphatic carbocycles. The molecule has 1 aliphatic rings. The van der Waals surface area contributed by atoms with Gasteiger partial charge in [-0.25, -0.2) is 0 Å². The van der Waals surface area contributed by atoms with Gasteiger partial charge in [0, 0.05) is 0 Å². The summed E-state index contributed by atoms with van der Waals surface area (Å²) in [6.45, 7) is 1.80. The molecular weight excluding hydrogens is 210 g/mol. The normalized spacial score (nSPS) is 25.4. The Bertz CT molecular complexity index is 404. The summed E-state index contributed by atoms with van der Waals surface area (Å²) in [4.78, 5) is 22.6. The molecule has 0 spiro atoms. The summed E-state index contributed by atoms with van der Waals surface area (Å²) < 4.78 is -0.654. The molecule has 1 aromatic rings. The van der Waals surface area contributed by atoms with Gasteiger partial charge in [0.2, 0.25) is 5.91 Å². The van der Waals surface area contributed by atoms with Gasteiger partial charge in [-0.15, -0.1) is 0 Å². The highest BCUT2D eigenvalue weighted by Crippen LogP contribution is 2.34. The highest BCUT2D eigenvalue weighted by atomic mass is 32.2. The summed E-state index contributed by atoms with van der Waals surface area (Å²) in [5.41, 5.74) is 1.07. The second kappa shape index (κ2) is 3.70. The molecule has 1 N–H and O–H groups in total. The van der Waals surface area contributed by atoms with E-state index in [0.717, 1.165) is 17.3 Å². The quantitative estimate of drug-likeness (QED) is 0.830. The molecule has 1 atom stereocenters. The van der Waals surface area contributed by atoms with Crippen LogP contribution in [0.1, 0.15) is 12.5 Å². The number of thioether (sulfide) groups is 1. The molecule has 2 rings (SSSR count). The van der Waals surface area contributed by atoms with E-state index in [-0.39, 0.29) is 11.1 Å². The van der Waals surface area contributed by atoms with Crippen LogP contribution in [0.2, 0.25) is 0 Å². The minimum Gasteiger partial charge on any atom is -0.286 e. The number of carbonyl (C=O) groups is 2. The van der Waals surface area contributed by atoms with Crippen LogP contribution >= 0.6 is 11.8 Å². The summed E-state index contributed by atoms with van der Waals surface area (Å²) >= 11 is 1.07. The molecule has 0 aromatic heterocycles. The van der Waals surface area contributed by atoms with Crippen molar-refractivity contribution in [2.75, 3.05) is 0 Å². The Morgan fingerprint density at radius 3 is 2.47 bits per heavy atom. The molecular formula is C11H11NO2S. The minimum atomic E-state index is -0.654. The van der Waals surface area contributed by atoms with Crippen LogP contribution in [0.25, 0.3) is 0 Å². The van der Waals surface area contributed by atoms with Crippen molar-refractivity contribution in [2.24, 2.45) is 0 Å². The van der Waals surface area contributed by atoms with Gasteiger partial charge in [-0.2, -0.15) is 0 Å². The Morgan fingerprint density at radius 1 is 1.27 bits per heavy atom. The maximum absolute atomic E-state index is 11.6. The summed E-state index contributed by atoms with van der Waals surface area (Å²) in [7, 11) is 0. The summed E-state index contributed by atoms with van der Waals surface area (Å²) in [6.07, 6.45) is 0.579. The number of nitrogens with one attached hydrogen (secondary N) is 1. The Labute approximate surface area is 92.2 Å². The molecule has 15 heavy (non-hydrogen) atoms. The third-order valence-corrected chi connectivity index (χ3v) is 3.47. The van der Waals surface area contributed by atoms with E-state index in [1.54, 1.807) is 6.92 Å². The minimum absolute atomic E-state index is 0.193. The summed E-state index contributed by atoms with van der Waals surface area (Å²) in [5.74, 6) is -0.193. The largest absolute Gasteiger partial charge is 0.286 e. The standard InChI is InChI=1S/C11H11NO2S/c1-11(9(13)12-10(14)15-11)7-8-5-3-2-4-6-8/h2-6H,7H2,1H3,(H,12,13,14). The molecule has 2 amide bonds. The van der Waals surface area contributed by atoms with Crippen molar-refractivity contribution < 1.29 is 9.59 Å². The Balaban J connectivity index is 2.18. The fourth-order valence-corrected chi connectivity index (χ4v) is 2.54. The molecule has 1 unspecified atom stereocenters. The second-order valence-electron chi connectivity index (χ2n) is 3.74. The van der Waals surface area contributed by atoms with Crippen molar-refractivity contribution in [1.29, 1.82) is 0 Å². The van der Waals surface area contributed by atoms with E-state index in [4.69, 9.17) is 0 Å². The first-order chi connectivity index (χ1) is 7.10. The van der Waals surface area contributed by atoms with E-state index in [1.165, 1.54) is 0 Å². The third kappa shape index (κ3) is 2.04. The van der Waals surface area contributed by atoms with Crippen LogP contribution in [-0.4, -0.2) is 15.9 Å². The zero-order valence-corrected chi connectivity index (χ0v) is 9.14. The lowest BCUT2D eigenvalue weighted by atomic mass is 10.00. The van der Waals surface area contributed by atoms with Crippen molar-refractivity contribution in [3.8, 4) is 0 Å². The van der Waals surface area contributed by atoms with Gasteiger partial charge >= 0.3 is 0 Å². The maximum Gasteiger partial charge on any atom is 0.286 e. The van der Waals surface area contributed by atoms with Gasteiger partial charge in [0.25, 0.3) is 5.24 Å². The van der Waals surface area contributed by atoms with Crippen LogP contribution in [0.4, 0.5) is 4.79 Å². The van der Waals surface area contributed by atoms with Crippen molar-refractivity contribution in [3.05, 3.63) is 35.9 Å².